The van der Waals surface area contributed by atoms with Crippen LogP contribution in [0, 0.1) is 18.6 Å². The molecule has 35 heavy (non-hydrogen) atoms. The molecule has 180 valence electrons. The molecule has 0 unspecified atom stereocenters. The number of benzene rings is 1. The zero-order chi connectivity index (χ0) is 24.5. The van der Waals surface area contributed by atoms with Crippen molar-refractivity contribution in [3.8, 4) is 11.6 Å². The van der Waals surface area contributed by atoms with E-state index in [4.69, 9.17) is 4.74 Å². The summed E-state index contributed by atoms with van der Waals surface area (Å²) in [6.07, 6.45) is 2.83. The van der Waals surface area contributed by atoms with E-state index >= 15 is 8.78 Å². The van der Waals surface area contributed by atoms with E-state index in [2.05, 4.69) is 30.5 Å². The third kappa shape index (κ3) is 4.37. The van der Waals surface area contributed by atoms with Gasteiger partial charge < -0.3 is 20.3 Å². The number of aromatic nitrogens is 4. The first-order chi connectivity index (χ1) is 16.9. The first kappa shape index (κ1) is 22.7. The van der Waals surface area contributed by atoms with Crippen molar-refractivity contribution in [2.45, 2.75) is 13.8 Å². The van der Waals surface area contributed by atoms with Crippen LogP contribution in [0.3, 0.4) is 0 Å². The third-order valence-corrected chi connectivity index (χ3v) is 5.82. The van der Waals surface area contributed by atoms with Gasteiger partial charge in [0.2, 0.25) is 11.7 Å². The number of ether oxygens (including phenoxy) is 1. The molecule has 4 aromatic rings. The molecule has 4 heterocycles. The molecule has 0 aliphatic carbocycles. The Balaban J connectivity index is 1.37. The second kappa shape index (κ2) is 9.26. The number of piperazine rings is 1. The molecule has 0 amide bonds. The molecule has 3 aromatic heterocycles. The number of nitrogens with one attached hydrogen (secondary N) is 2. The van der Waals surface area contributed by atoms with Gasteiger partial charge in [0.25, 0.3) is 5.88 Å². The van der Waals surface area contributed by atoms with Gasteiger partial charge in [-0.05, 0) is 37.3 Å². The normalized spacial score (nSPS) is 13.8. The second-order valence-electron chi connectivity index (χ2n) is 8.16. The number of halogens is 2. The van der Waals surface area contributed by atoms with Crippen molar-refractivity contribution >= 4 is 34.1 Å². The van der Waals surface area contributed by atoms with Crippen molar-refractivity contribution < 1.29 is 18.3 Å². The van der Waals surface area contributed by atoms with E-state index in [1.807, 2.05) is 6.07 Å². The molecule has 0 spiro atoms. The smallest absolute Gasteiger partial charge is 0.261 e. The van der Waals surface area contributed by atoms with Gasteiger partial charge >= 0.3 is 0 Å². The lowest BCUT2D eigenvalue weighted by atomic mass is 10.2. The summed E-state index contributed by atoms with van der Waals surface area (Å²) in [6, 6.07) is 8.05. The molecule has 1 aromatic carbocycles. The van der Waals surface area contributed by atoms with E-state index in [0.717, 1.165) is 38.2 Å². The van der Waals surface area contributed by atoms with Crippen molar-refractivity contribution in [3.05, 3.63) is 60.2 Å². The van der Waals surface area contributed by atoms with Crippen molar-refractivity contribution in [3.63, 3.8) is 0 Å². The molecule has 5 rings (SSSR count). The van der Waals surface area contributed by atoms with Gasteiger partial charge in [-0.3, -0.25) is 9.36 Å². The Hall–Kier alpha value is -4.12. The summed E-state index contributed by atoms with van der Waals surface area (Å²) in [5.74, 6) is -2.28. The Kier molecular flexibility index (Phi) is 6.00. The fourth-order valence-electron chi connectivity index (χ4n) is 4.16. The van der Waals surface area contributed by atoms with Gasteiger partial charge in [-0.2, -0.15) is 9.37 Å². The maximum absolute atomic E-state index is 15.1. The zero-order valence-corrected chi connectivity index (χ0v) is 19.2. The first-order valence-electron chi connectivity index (χ1n) is 11.1. The number of carbonyl (C=O) groups excluding carboxylic acids is 1. The van der Waals surface area contributed by atoms with Gasteiger partial charge in [-0.1, -0.05) is 0 Å². The molecule has 1 aliphatic rings. The highest BCUT2D eigenvalue weighted by Gasteiger charge is 2.20. The summed E-state index contributed by atoms with van der Waals surface area (Å²) in [7, 11) is 0. The van der Waals surface area contributed by atoms with Crippen LogP contribution in [0.2, 0.25) is 0 Å². The SMILES string of the molecule is CC(=O)n1c(C)cc2c(F)c(Oc3ncnc(Nc4ccc(N5CCNCC5)cn4)c3F)ccc21. The van der Waals surface area contributed by atoms with E-state index in [9.17, 15) is 4.79 Å². The topological polar surface area (TPSA) is 97.2 Å². The van der Waals surface area contributed by atoms with Gasteiger partial charge in [-0.15, -0.1) is 0 Å². The molecular formula is C24H23F2N7O2. The number of fused-ring (bicyclic) bond motifs is 1. The monoisotopic (exact) mass is 479 g/mol. The zero-order valence-electron chi connectivity index (χ0n) is 19.2. The lowest BCUT2D eigenvalue weighted by molar-refractivity contribution is 0.0939. The number of rotatable bonds is 5. The first-order valence-corrected chi connectivity index (χ1v) is 11.1. The van der Waals surface area contributed by atoms with Gasteiger partial charge in [0.05, 0.1) is 17.4 Å². The van der Waals surface area contributed by atoms with Crippen LogP contribution in [0.15, 0.2) is 42.9 Å². The minimum atomic E-state index is -0.891. The van der Waals surface area contributed by atoms with E-state index in [1.54, 1.807) is 25.3 Å². The number of pyridine rings is 1. The molecule has 0 saturated carbocycles. The Labute approximate surface area is 199 Å². The number of aryl methyl sites for hydroxylation is 1. The minimum Gasteiger partial charge on any atom is -0.433 e. The van der Waals surface area contributed by atoms with Crippen LogP contribution in [-0.4, -0.2) is 51.6 Å². The summed E-state index contributed by atoms with van der Waals surface area (Å²) >= 11 is 0. The Morgan fingerprint density at radius 1 is 1.09 bits per heavy atom. The Morgan fingerprint density at radius 3 is 2.60 bits per heavy atom. The molecule has 0 radical (unpaired) electrons. The van der Waals surface area contributed by atoms with Crippen molar-refractivity contribution in [1.29, 1.82) is 0 Å². The van der Waals surface area contributed by atoms with Crippen molar-refractivity contribution in [1.82, 2.24) is 24.8 Å². The van der Waals surface area contributed by atoms with Gasteiger partial charge in [0, 0.05) is 44.2 Å². The maximum Gasteiger partial charge on any atom is 0.261 e. The van der Waals surface area contributed by atoms with Crippen LogP contribution in [0.4, 0.5) is 26.1 Å². The summed E-state index contributed by atoms with van der Waals surface area (Å²) in [5.41, 5.74) is 1.96. The van der Waals surface area contributed by atoms with Crippen molar-refractivity contribution in [2.24, 2.45) is 0 Å². The third-order valence-electron chi connectivity index (χ3n) is 5.82. The predicted octanol–water partition coefficient (Wildman–Crippen LogP) is 4.02. The summed E-state index contributed by atoms with van der Waals surface area (Å²) in [5, 5.41) is 6.30. The van der Waals surface area contributed by atoms with Crippen LogP contribution < -0.4 is 20.3 Å². The largest absolute Gasteiger partial charge is 0.433 e. The number of hydrogen-bond acceptors (Lipinski definition) is 8. The number of carbonyl (C=O) groups is 1. The van der Waals surface area contributed by atoms with Crippen LogP contribution in [0.5, 0.6) is 11.6 Å². The molecule has 1 fully saturated rings. The maximum atomic E-state index is 15.1. The highest BCUT2D eigenvalue weighted by molar-refractivity contribution is 5.93. The van der Waals surface area contributed by atoms with E-state index < -0.39 is 17.5 Å². The van der Waals surface area contributed by atoms with E-state index in [0.29, 0.717) is 17.0 Å². The summed E-state index contributed by atoms with van der Waals surface area (Å²) < 4.78 is 37.1. The van der Waals surface area contributed by atoms with E-state index in [1.165, 1.54) is 23.6 Å². The predicted molar refractivity (Wildman–Crippen MR) is 128 cm³/mol. The molecule has 0 atom stereocenters. The number of nitrogens with zero attached hydrogens (tertiary/aromatic N) is 5. The van der Waals surface area contributed by atoms with Gasteiger partial charge in [-0.25, -0.2) is 14.4 Å². The van der Waals surface area contributed by atoms with Crippen LogP contribution in [0.25, 0.3) is 10.9 Å². The fraction of sp³-hybridized carbons (Fsp3) is 0.250. The molecular weight excluding hydrogens is 456 g/mol. The average Bonchev–Trinajstić information content (AvgIpc) is 3.21. The minimum absolute atomic E-state index is 0.155. The molecule has 2 N–H and O–H groups in total. The average molecular weight is 479 g/mol. The molecule has 1 aliphatic heterocycles. The molecule has 0 bridgehead atoms. The fourth-order valence-corrected chi connectivity index (χ4v) is 4.16. The molecule has 11 heteroatoms. The second-order valence-corrected chi connectivity index (χ2v) is 8.16. The van der Waals surface area contributed by atoms with E-state index in [-0.39, 0.29) is 22.9 Å². The molecule has 9 nitrogen and oxygen atoms in total. The standard InChI is InChI=1S/C24H23F2N7O2/c1-14-11-17-18(33(14)15(2)34)4-5-19(21(17)25)35-24-22(26)23(29-13-30-24)31-20-6-3-16(12-28-20)32-9-7-27-8-10-32/h3-6,11-13,27H,7-10H2,1-2H3,(H,28,29,30,31). The Bertz CT molecular complexity index is 1400. The quantitative estimate of drug-likeness (QED) is 0.443. The Morgan fingerprint density at radius 2 is 1.89 bits per heavy atom. The summed E-state index contributed by atoms with van der Waals surface area (Å²) in [4.78, 5) is 26.2. The van der Waals surface area contributed by atoms with Crippen LogP contribution in [0.1, 0.15) is 17.4 Å². The van der Waals surface area contributed by atoms with Gasteiger partial charge in [0.15, 0.2) is 17.4 Å². The lowest BCUT2D eigenvalue weighted by Crippen LogP contribution is -2.43. The van der Waals surface area contributed by atoms with Crippen LogP contribution in [-0.2, 0) is 0 Å². The highest BCUT2D eigenvalue weighted by Crippen LogP contribution is 2.33. The molecule has 1 saturated heterocycles. The van der Waals surface area contributed by atoms with Crippen LogP contribution >= 0.6 is 0 Å². The van der Waals surface area contributed by atoms with Gasteiger partial charge in [0.1, 0.15) is 12.1 Å². The number of hydrogen-bond donors (Lipinski definition) is 2. The van der Waals surface area contributed by atoms with Crippen molar-refractivity contribution in [2.75, 3.05) is 36.4 Å². The lowest BCUT2D eigenvalue weighted by Gasteiger charge is -2.29. The highest BCUT2D eigenvalue weighted by atomic mass is 19.1. The number of anilines is 3. The summed E-state index contributed by atoms with van der Waals surface area (Å²) in [6.45, 7) is 6.68.